The average molecular weight is 331 g/mol. The van der Waals surface area contributed by atoms with Gasteiger partial charge in [0, 0.05) is 30.5 Å². The predicted molar refractivity (Wildman–Crippen MR) is 83.1 cm³/mol. The molecule has 1 saturated heterocycles. The molecule has 1 aliphatic carbocycles. The molecule has 0 bridgehead atoms. The number of likely N-dealkylation sites (tertiary alicyclic amines) is 1. The highest BCUT2D eigenvalue weighted by Gasteiger charge is 2.48. The maximum Gasteiger partial charge on any atom is 0.226 e. The minimum Gasteiger partial charge on any atom is -0.342 e. The van der Waals surface area contributed by atoms with Crippen LogP contribution in [0.15, 0.2) is 18.2 Å². The van der Waals surface area contributed by atoms with Crippen LogP contribution in [0.4, 0.5) is 8.78 Å². The van der Waals surface area contributed by atoms with Gasteiger partial charge in [-0.1, -0.05) is 6.07 Å². The number of benzene rings is 1. The molecule has 1 aromatic rings. The van der Waals surface area contributed by atoms with Gasteiger partial charge in [-0.2, -0.15) is 0 Å². The van der Waals surface area contributed by atoms with Gasteiger partial charge >= 0.3 is 0 Å². The average Bonchev–Trinajstić information content (AvgIpc) is 3.08. The molecule has 1 heterocycles. The number of amides is 1. The van der Waals surface area contributed by atoms with Crippen LogP contribution in [0.25, 0.3) is 0 Å². The third-order valence-corrected chi connectivity index (χ3v) is 4.57. The number of halogens is 3. The minimum atomic E-state index is -0.537. The second kappa shape index (κ2) is 6.92. The molecule has 2 aliphatic rings. The lowest BCUT2D eigenvalue weighted by atomic mass is 10.1. The highest BCUT2D eigenvalue weighted by Crippen LogP contribution is 2.50. The van der Waals surface area contributed by atoms with Crippen molar-refractivity contribution in [3.63, 3.8) is 0 Å². The van der Waals surface area contributed by atoms with E-state index in [1.807, 2.05) is 11.9 Å². The Kier molecular flexibility index (Phi) is 5.40. The van der Waals surface area contributed by atoms with Crippen molar-refractivity contribution in [2.45, 2.75) is 18.8 Å². The van der Waals surface area contributed by atoms with Crippen LogP contribution in [-0.4, -0.2) is 37.5 Å². The first-order chi connectivity index (χ1) is 10.1. The molecule has 1 amide bonds. The van der Waals surface area contributed by atoms with Gasteiger partial charge in [-0.05, 0) is 44.5 Å². The molecule has 1 aromatic carbocycles. The van der Waals surface area contributed by atoms with Gasteiger partial charge in [0.25, 0.3) is 0 Å². The van der Waals surface area contributed by atoms with E-state index < -0.39 is 11.6 Å². The highest BCUT2D eigenvalue weighted by atomic mass is 35.5. The fourth-order valence-corrected chi connectivity index (χ4v) is 3.37. The summed E-state index contributed by atoms with van der Waals surface area (Å²) in [5, 5.41) is 3.13. The first kappa shape index (κ1) is 17.2. The van der Waals surface area contributed by atoms with Gasteiger partial charge in [-0.15, -0.1) is 12.4 Å². The van der Waals surface area contributed by atoms with E-state index >= 15 is 0 Å². The Labute approximate surface area is 135 Å². The summed E-state index contributed by atoms with van der Waals surface area (Å²) in [7, 11) is 1.91. The second-order valence-corrected chi connectivity index (χ2v) is 6.08. The summed E-state index contributed by atoms with van der Waals surface area (Å²) >= 11 is 0. The second-order valence-electron chi connectivity index (χ2n) is 6.08. The van der Waals surface area contributed by atoms with Crippen LogP contribution in [0, 0.1) is 23.5 Å². The Hall–Kier alpha value is -1.20. The lowest BCUT2D eigenvalue weighted by Gasteiger charge is -2.16. The third-order valence-electron chi connectivity index (χ3n) is 4.57. The number of rotatable bonds is 4. The molecular weight excluding hydrogens is 310 g/mol. The zero-order valence-corrected chi connectivity index (χ0v) is 13.3. The molecule has 122 valence electrons. The number of hydrogen-bond donors (Lipinski definition) is 1. The van der Waals surface area contributed by atoms with Gasteiger partial charge in [0.1, 0.15) is 11.6 Å². The fourth-order valence-electron chi connectivity index (χ4n) is 3.37. The van der Waals surface area contributed by atoms with Gasteiger partial charge < -0.3 is 10.2 Å². The SMILES string of the molecule is CNCC1CCN(C(=O)C2CC2c2c(F)cccc2F)C1.Cl. The van der Waals surface area contributed by atoms with Crippen molar-refractivity contribution in [2.24, 2.45) is 11.8 Å². The van der Waals surface area contributed by atoms with Crippen molar-refractivity contribution >= 4 is 18.3 Å². The topological polar surface area (TPSA) is 32.3 Å². The van der Waals surface area contributed by atoms with Crippen molar-refractivity contribution in [2.75, 3.05) is 26.7 Å². The molecule has 1 N–H and O–H groups in total. The van der Waals surface area contributed by atoms with Crippen LogP contribution < -0.4 is 5.32 Å². The van der Waals surface area contributed by atoms with Crippen molar-refractivity contribution < 1.29 is 13.6 Å². The maximum atomic E-state index is 13.7. The molecule has 3 rings (SSSR count). The molecule has 0 radical (unpaired) electrons. The zero-order valence-electron chi connectivity index (χ0n) is 12.5. The van der Waals surface area contributed by atoms with E-state index in [0.717, 1.165) is 26.1 Å². The first-order valence-corrected chi connectivity index (χ1v) is 7.49. The Morgan fingerprint density at radius 1 is 1.36 bits per heavy atom. The Balaban J connectivity index is 0.00000176. The van der Waals surface area contributed by atoms with Gasteiger partial charge in [0.15, 0.2) is 0 Å². The Morgan fingerprint density at radius 3 is 2.68 bits per heavy atom. The summed E-state index contributed by atoms with van der Waals surface area (Å²) in [5.41, 5.74) is 0.0850. The number of carbonyl (C=O) groups is 1. The van der Waals surface area contributed by atoms with E-state index in [1.54, 1.807) is 0 Å². The summed E-state index contributed by atoms with van der Waals surface area (Å²) in [6.07, 6.45) is 1.56. The van der Waals surface area contributed by atoms with Crippen molar-refractivity contribution in [3.05, 3.63) is 35.4 Å². The van der Waals surface area contributed by atoms with Crippen LogP contribution in [0.3, 0.4) is 0 Å². The molecule has 3 nitrogen and oxygen atoms in total. The summed E-state index contributed by atoms with van der Waals surface area (Å²) in [5.74, 6) is -1.07. The third kappa shape index (κ3) is 3.25. The lowest BCUT2D eigenvalue weighted by Crippen LogP contribution is -2.31. The fraction of sp³-hybridized carbons (Fsp3) is 0.562. The van der Waals surface area contributed by atoms with Gasteiger partial charge in [-0.25, -0.2) is 8.78 Å². The summed E-state index contributed by atoms with van der Waals surface area (Å²) in [4.78, 5) is 14.3. The normalized spacial score (nSPS) is 26.7. The van der Waals surface area contributed by atoms with E-state index in [1.165, 1.54) is 18.2 Å². The lowest BCUT2D eigenvalue weighted by molar-refractivity contribution is -0.131. The molecule has 1 aliphatic heterocycles. The van der Waals surface area contributed by atoms with Crippen molar-refractivity contribution in [3.8, 4) is 0 Å². The molecule has 3 atom stereocenters. The summed E-state index contributed by atoms with van der Waals surface area (Å²) in [6, 6.07) is 3.88. The zero-order chi connectivity index (χ0) is 15.0. The quantitative estimate of drug-likeness (QED) is 0.920. The van der Waals surface area contributed by atoms with E-state index in [0.29, 0.717) is 12.3 Å². The molecule has 22 heavy (non-hydrogen) atoms. The van der Waals surface area contributed by atoms with E-state index in [4.69, 9.17) is 0 Å². The van der Waals surface area contributed by atoms with Gasteiger partial charge in [-0.3, -0.25) is 4.79 Å². The maximum absolute atomic E-state index is 13.7. The Bertz CT molecular complexity index is 535. The molecule has 3 unspecified atom stereocenters. The Morgan fingerprint density at radius 2 is 2.05 bits per heavy atom. The van der Waals surface area contributed by atoms with Crippen molar-refractivity contribution in [1.29, 1.82) is 0 Å². The number of nitrogens with zero attached hydrogens (tertiary/aromatic N) is 1. The largest absolute Gasteiger partial charge is 0.342 e. The van der Waals surface area contributed by atoms with E-state index in [9.17, 15) is 13.6 Å². The van der Waals surface area contributed by atoms with E-state index in [-0.39, 0.29) is 35.7 Å². The summed E-state index contributed by atoms with van der Waals surface area (Å²) in [6.45, 7) is 2.41. The molecule has 1 saturated carbocycles. The highest BCUT2D eigenvalue weighted by molar-refractivity contribution is 5.85. The van der Waals surface area contributed by atoms with Crippen LogP contribution in [0.2, 0.25) is 0 Å². The minimum absolute atomic E-state index is 0. The smallest absolute Gasteiger partial charge is 0.226 e. The standard InChI is InChI=1S/C16H20F2N2O.ClH/c1-19-8-10-5-6-20(9-10)16(21)12-7-11(12)15-13(17)3-2-4-14(15)18;/h2-4,10-12,19H,5-9H2,1H3;1H. The molecule has 6 heteroatoms. The summed E-state index contributed by atoms with van der Waals surface area (Å²) < 4.78 is 27.5. The molecular formula is C16H21ClF2N2O. The monoisotopic (exact) mass is 330 g/mol. The number of carbonyl (C=O) groups excluding carboxylic acids is 1. The van der Waals surface area contributed by atoms with Crippen LogP contribution in [0.5, 0.6) is 0 Å². The predicted octanol–water partition coefficient (Wildman–Crippen LogP) is 2.56. The van der Waals surface area contributed by atoms with Crippen LogP contribution in [-0.2, 0) is 4.79 Å². The van der Waals surface area contributed by atoms with Gasteiger partial charge in [0.2, 0.25) is 5.91 Å². The van der Waals surface area contributed by atoms with Crippen LogP contribution >= 0.6 is 12.4 Å². The molecule has 2 fully saturated rings. The molecule has 0 aromatic heterocycles. The van der Waals surface area contributed by atoms with Gasteiger partial charge in [0.05, 0.1) is 0 Å². The first-order valence-electron chi connectivity index (χ1n) is 7.49. The number of nitrogens with one attached hydrogen (secondary N) is 1. The van der Waals surface area contributed by atoms with E-state index in [2.05, 4.69) is 5.32 Å². The molecule has 0 spiro atoms. The number of hydrogen-bond acceptors (Lipinski definition) is 2. The van der Waals surface area contributed by atoms with Crippen molar-refractivity contribution in [1.82, 2.24) is 10.2 Å². The van der Waals surface area contributed by atoms with Crippen LogP contribution in [0.1, 0.15) is 24.3 Å².